The maximum Gasteiger partial charge on any atom is 0.336 e. The summed E-state index contributed by atoms with van der Waals surface area (Å²) >= 11 is 0. The summed E-state index contributed by atoms with van der Waals surface area (Å²) in [5, 5.41) is 16.5. The van der Waals surface area contributed by atoms with Gasteiger partial charge in [0.1, 0.15) is 11.2 Å². The van der Waals surface area contributed by atoms with Crippen molar-refractivity contribution in [2.45, 2.75) is 13.3 Å². The van der Waals surface area contributed by atoms with E-state index in [1.165, 1.54) is 18.2 Å². The third-order valence-electron chi connectivity index (χ3n) is 4.50. The Kier molecular flexibility index (Phi) is 5.54. The summed E-state index contributed by atoms with van der Waals surface area (Å²) in [5.74, 6) is -0.170. The van der Waals surface area contributed by atoms with Gasteiger partial charge in [-0.2, -0.15) is 0 Å². The third kappa shape index (κ3) is 4.06. The number of carbonyl (C=O) groups is 1. The Labute approximate surface area is 167 Å². The molecule has 1 aromatic rings. The van der Waals surface area contributed by atoms with E-state index in [1.807, 2.05) is 6.92 Å². The van der Waals surface area contributed by atoms with Crippen LogP contribution in [0.2, 0.25) is 0 Å². The van der Waals surface area contributed by atoms with Crippen molar-refractivity contribution in [3.05, 3.63) is 75.2 Å². The second-order valence-electron chi connectivity index (χ2n) is 6.63. The molecule has 0 atom stereocenters. The van der Waals surface area contributed by atoms with E-state index in [2.05, 4.69) is 30.4 Å². The zero-order valence-electron chi connectivity index (χ0n) is 16.2. The molecule has 6 nitrogen and oxygen atoms in total. The van der Waals surface area contributed by atoms with Crippen LogP contribution in [0, 0.1) is 0 Å². The first-order valence-electron chi connectivity index (χ1n) is 9.14. The predicted molar refractivity (Wildman–Crippen MR) is 115 cm³/mol. The minimum Gasteiger partial charge on any atom is -0.478 e. The normalized spacial score (nSPS) is 10.7. The molecule has 0 radical (unpaired) electrons. The Morgan fingerprint density at radius 2 is 1.86 bits per heavy atom. The fourth-order valence-electron chi connectivity index (χ4n) is 3.11. The van der Waals surface area contributed by atoms with E-state index in [-0.39, 0.29) is 16.4 Å². The van der Waals surface area contributed by atoms with E-state index in [1.54, 1.807) is 18.2 Å². The van der Waals surface area contributed by atoms with Crippen LogP contribution in [0.3, 0.4) is 0 Å². The van der Waals surface area contributed by atoms with E-state index in [0.29, 0.717) is 39.2 Å². The largest absolute Gasteiger partial charge is 0.478 e. The first-order chi connectivity index (χ1) is 13.8. The van der Waals surface area contributed by atoms with Crippen LogP contribution < -0.4 is 26.7 Å². The standard InChI is InChI=1S/C23H22N2O4/c1-5-10-24-15(4)25-16-6-8-18(20(11-16)23(27)28)22-13(2)14(3)29-21-12-17(26)7-9-19(21)22/h6-9,11-12,24-25H,2-5,10H2,1H3,(H,27,28). The highest BCUT2D eigenvalue weighted by atomic mass is 16.4. The highest BCUT2D eigenvalue weighted by Crippen LogP contribution is 2.32. The quantitative estimate of drug-likeness (QED) is 0.575. The Hall–Kier alpha value is -3.80. The predicted octanol–water partition coefficient (Wildman–Crippen LogP) is 2.81. The van der Waals surface area contributed by atoms with Crippen LogP contribution in [0.5, 0.6) is 0 Å². The van der Waals surface area contributed by atoms with E-state index < -0.39 is 5.97 Å². The van der Waals surface area contributed by atoms with Crippen molar-refractivity contribution in [1.29, 1.82) is 0 Å². The molecule has 2 aliphatic rings. The average molecular weight is 390 g/mol. The first kappa shape index (κ1) is 19.9. The maximum absolute atomic E-state index is 12.0. The number of carboxylic acid groups (broad SMARTS) is 1. The van der Waals surface area contributed by atoms with Crippen LogP contribution in [-0.4, -0.2) is 17.6 Å². The van der Waals surface area contributed by atoms with Crippen molar-refractivity contribution < 1.29 is 14.3 Å². The molecule has 0 saturated heterocycles. The summed E-state index contributed by atoms with van der Waals surface area (Å²) < 4.78 is 5.60. The van der Waals surface area contributed by atoms with Crippen molar-refractivity contribution in [3.8, 4) is 22.5 Å². The van der Waals surface area contributed by atoms with Crippen LogP contribution in [0.25, 0.3) is 35.6 Å². The van der Waals surface area contributed by atoms with Crippen LogP contribution >= 0.6 is 0 Å². The molecule has 1 aromatic carbocycles. The topological polar surface area (TPSA) is 91.6 Å². The molecule has 0 aromatic heterocycles. The van der Waals surface area contributed by atoms with Crippen molar-refractivity contribution in [2.75, 3.05) is 11.9 Å². The number of fused-ring (bicyclic) bond motifs is 1. The Morgan fingerprint density at radius 3 is 2.55 bits per heavy atom. The van der Waals surface area contributed by atoms with Crippen molar-refractivity contribution >= 4 is 24.8 Å². The fraction of sp³-hybridized carbons (Fsp3) is 0.130. The lowest BCUT2D eigenvalue weighted by Gasteiger charge is -2.16. The number of rotatable bonds is 7. The summed E-state index contributed by atoms with van der Waals surface area (Å²) in [6.45, 7) is 14.5. The zero-order valence-corrected chi connectivity index (χ0v) is 16.2. The lowest BCUT2D eigenvalue weighted by Crippen LogP contribution is -2.26. The van der Waals surface area contributed by atoms with Gasteiger partial charge >= 0.3 is 5.97 Å². The average Bonchev–Trinajstić information content (AvgIpc) is 2.68. The minimum atomic E-state index is -1.09. The molecule has 0 fully saturated rings. The summed E-state index contributed by atoms with van der Waals surface area (Å²) in [5.41, 5.74) is 2.37. The number of hydrogen-bond acceptors (Lipinski definition) is 5. The molecular weight excluding hydrogens is 368 g/mol. The van der Waals surface area contributed by atoms with Crippen LogP contribution in [0.4, 0.5) is 5.69 Å². The maximum atomic E-state index is 12.0. The SMILES string of the molecule is C=C(NCCC)Nc1ccc(-c2c3ccc(=O)cc-3oc(=C)c2=C)c(C(=O)O)c1. The zero-order chi connectivity index (χ0) is 21.1. The van der Waals surface area contributed by atoms with Crippen molar-refractivity contribution in [1.82, 2.24) is 5.32 Å². The van der Waals surface area contributed by atoms with Crippen molar-refractivity contribution in [3.63, 3.8) is 0 Å². The van der Waals surface area contributed by atoms with Crippen LogP contribution in [0.1, 0.15) is 23.7 Å². The Bertz CT molecular complexity index is 1230. The molecule has 0 spiro atoms. The van der Waals surface area contributed by atoms with E-state index >= 15 is 0 Å². The van der Waals surface area contributed by atoms with Gasteiger partial charge in [0.2, 0.25) is 0 Å². The van der Waals surface area contributed by atoms with E-state index in [0.717, 1.165) is 13.0 Å². The minimum absolute atomic E-state index is 0.0845. The molecule has 3 rings (SSSR count). The highest BCUT2D eigenvalue weighted by Gasteiger charge is 2.20. The molecule has 0 unspecified atom stereocenters. The van der Waals surface area contributed by atoms with E-state index in [4.69, 9.17) is 4.42 Å². The van der Waals surface area contributed by atoms with Gasteiger partial charge in [0.15, 0.2) is 5.43 Å². The summed E-state index contributed by atoms with van der Waals surface area (Å²) in [6.07, 6.45) is 0.941. The monoisotopic (exact) mass is 390 g/mol. The molecular formula is C23H22N2O4. The third-order valence-corrected chi connectivity index (χ3v) is 4.50. The lowest BCUT2D eigenvalue weighted by atomic mass is 9.92. The van der Waals surface area contributed by atoms with Gasteiger partial charge in [0.25, 0.3) is 0 Å². The molecule has 6 heteroatoms. The first-order valence-corrected chi connectivity index (χ1v) is 9.14. The van der Waals surface area contributed by atoms with Crippen LogP contribution in [-0.2, 0) is 0 Å². The smallest absolute Gasteiger partial charge is 0.336 e. The van der Waals surface area contributed by atoms with Gasteiger partial charge < -0.3 is 20.2 Å². The van der Waals surface area contributed by atoms with Gasteiger partial charge in [-0.05, 0) is 36.2 Å². The number of aromatic carboxylic acids is 1. The van der Waals surface area contributed by atoms with Gasteiger partial charge in [-0.1, -0.05) is 32.7 Å². The second kappa shape index (κ2) is 8.06. The van der Waals surface area contributed by atoms with Gasteiger partial charge in [-0.15, -0.1) is 0 Å². The molecule has 0 bridgehead atoms. The van der Waals surface area contributed by atoms with Crippen molar-refractivity contribution in [2.24, 2.45) is 0 Å². The van der Waals surface area contributed by atoms with Gasteiger partial charge in [0, 0.05) is 34.6 Å². The van der Waals surface area contributed by atoms with Gasteiger partial charge in [-0.25, -0.2) is 4.79 Å². The second-order valence-corrected chi connectivity index (χ2v) is 6.63. The number of nitrogens with one attached hydrogen (secondary N) is 2. The molecule has 0 amide bonds. The number of benzene rings is 2. The summed E-state index contributed by atoms with van der Waals surface area (Å²) in [6, 6.07) is 9.37. The molecule has 0 saturated carbocycles. The Morgan fingerprint density at radius 1 is 1.14 bits per heavy atom. The fourth-order valence-corrected chi connectivity index (χ4v) is 3.11. The molecule has 148 valence electrons. The molecule has 3 N–H and O–H groups in total. The van der Waals surface area contributed by atoms with Crippen LogP contribution in [0.15, 0.2) is 58.0 Å². The number of anilines is 1. The lowest BCUT2D eigenvalue weighted by molar-refractivity contribution is 0.0697. The van der Waals surface area contributed by atoms with Gasteiger partial charge in [0.05, 0.1) is 11.4 Å². The molecule has 29 heavy (non-hydrogen) atoms. The van der Waals surface area contributed by atoms with Gasteiger partial charge in [-0.3, -0.25) is 4.79 Å². The molecule has 1 aliphatic carbocycles. The molecule has 1 aliphatic heterocycles. The molecule has 1 heterocycles. The highest BCUT2D eigenvalue weighted by molar-refractivity contribution is 5.99. The Balaban J connectivity index is 2.17. The van der Waals surface area contributed by atoms with E-state index in [9.17, 15) is 14.7 Å². The number of carboxylic acids is 1. The number of hydrogen-bond donors (Lipinski definition) is 3. The summed E-state index contributed by atoms with van der Waals surface area (Å²) in [4.78, 5) is 23.7. The summed E-state index contributed by atoms with van der Waals surface area (Å²) in [7, 11) is 0.